The van der Waals surface area contributed by atoms with Crippen LogP contribution in [0.2, 0.25) is 0 Å². The largest absolute Gasteiger partial charge is 0.355 e. The highest BCUT2D eigenvalue weighted by Gasteiger charge is 2.26. The predicted octanol–water partition coefficient (Wildman–Crippen LogP) is 3.38. The van der Waals surface area contributed by atoms with Crippen molar-refractivity contribution in [1.82, 2.24) is 15.3 Å². The third kappa shape index (κ3) is 4.67. The first-order valence-electron chi connectivity index (χ1n) is 8.15. The highest BCUT2D eigenvalue weighted by Crippen LogP contribution is 2.29. The molecule has 2 unspecified atom stereocenters. The van der Waals surface area contributed by atoms with Crippen molar-refractivity contribution >= 4 is 5.82 Å². The van der Waals surface area contributed by atoms with Crippen molar-refractivity contribution in [3.05, 3.63) is 18.1 Å². The van der Waals surface area contributed by atoms with Gasteiger partial charge in [0, 0.05) is 31.4 Å². The number of nitrogens with zero attached hydrogens (tertiary/aromatic N) is 3. The molecule has 0 radical (unpaired) electrons. The van der Waals surface area contributed by atoms with E-state index >= 15 is 0 Å². The Morgan fingerprint density at radius 2 is 1.95 bits per heavy atom. The van der Waals surface area contributed by atoms with Gasteiger partial charge in [0.2, 0.25) is 0 Å². The van der Waals surface area contributed by atoms with Crippen molar-refractivity contribution in [2.24, 2.45) is 5.92 Å². The number of rotatable bonds is 4. The maximum Gasteiger partial charge on any atom is 0.147 e. The van der Waals surface area contributed by atoms with Crippen LogP contribution in [0.15, 0.2) is 12.4 Å². The first kappa shape index (κ1) is 16.2. The minimum atomic E-state index is 0.0987. The van der Waals surface area contributed by atoms with Gasteiger partial charge in [-0.05, 0) is 39.5 Å². The maximum atomic E-state index is 4.79. The SMILES string of the molecule is CC1CCCCC1N(C)c1cncc(CNC(C)(C)C)n1. The van der Waals surface area contributed by atoms with Gasteiger partial charge in [0.1, 0.15) is 5.82 Å². The molecule has 1 aliphatic carbocycles. The molecule has 1 fully saturated rings. The Labute approximate surface area is 129 Å². The Bertz CT molecular complexity index is 452. The molecule has 1 saturated carbocycles. The lowest BCUT2D eigenvalue weighted by molar-refractivity contribution is 0.320. The minimum Gasteiger partial charge on any atom is -0.355 e. The van der Waals surface area contributed by atoms with Gasteiger partial charge in [-0.1, -0.05) is 19.8 Å². The summed E-state index contributed by atoms with van der Waals surface area (Å²) >= 11 is 0. The fourth-order valence-corrected chi connectivity index (χ4v) is 3.05. The molecule has 0 aliphatic heterocycles. The molecule has 1 aromatic heterocycles. The van der Waals surface area contributed by atoms with Gasteiger partial charge >= 0.3 is 0 Å². The zero-order chi connectivity index (χ0) is 15.5. The van der Waals surface area contributed by atoms with E-state index in [1.54, 1.807) is 0 Å². The summed E-state index contributed by atoms with van der Waals surface area (Å²) in [5, 5.41) is 3.47. The summed E-state index contributed by atoms with van der Waals surface area (Å²) in [6.45, 7) is 9.62. The van der Waals surface area contributed by atoms with E-state index in [4.69, 9.17) is 4.98 Å². The Balaban J connectivity index is 2.05. The van der Waals surface area contributed by atoms with Gasteiger partial charge in [0.25, 0.3) is 0 Å². The number of hydrogen-bond acceptors (Lipinski definition) is 4. The van der Waals surface area contributed by atoms with Gasteiger partial charge in [0.15, 0.2) is 0 Å². The van der Waals surface area contributed by atoms with E-state index in [9.17, 15) is 0 Å². The van der Waals surface area contributed by atoms with Crippen LogP contribution in [0.25, 0.3) is 0 Å². The summed E-state index contributed by atoms with van der Waals surface area (Å²) in [5.74, 6) is 1.74. The highest BCUT2D eigenvalue weighted by atomic mass is 15.2. The zero-order valence-electron chi connectivity index (χ0n) is 14.2. The monoisotopic (exact) mass is 290 g/mol. The number of anilines is 1. The molecule has 4 nitrogen and oxygen atoms in total. The molecule has 2 atom stereocenters. The van der Waals surface area contributed by atoms with Crippen LogP contribution in [0, 0.1) is 5.92 Å². The molecule has 2 rings (SSSR count). The molecular formula is C17H30N4. The van der Waals surface area contributed by atoms with Crippen LogP contribution in [0.4, 0.5) is 5.82 Å². The maximum absolute atomic E-state index is 4.79. The second-order valence-electron chi connectivity index (χ2n) is 7.41. The van der Waals surface area contributed by atoms with Gasteiger partial charge in [-0.25, -0.2) is 4.98 Å². The van der Waals surface area contributed by atoms with Crippen LogP contribution in [0.1, 0.15) is 59.1 Å². The van der Waals surface area contributed by atoms with Gasteiger partial charge in [-0.2, -0.15) is 0 Å². The minimum absolute atomic E-state index is 0.0987. The van der Waals surface area contributed by atoms with Crippen molar-refractivity contribution in [2.75, 3.05) is 11.9 Å². The van der Waals surface area contributed by atoms with E-state index in [0.717, 1.165) is 24.0 Å². The van der Waals surface area contributed by atoms with E-state index in [-0.39, 0.29) is 5.54 Å². The molecule has 0 aromatic carbocycles. The second-order valence-corrected chi connectivity index (χ2v) is 7.41. The first-order valence-corrected chi connectivity index (χ1v) is 8.15. The summed E-state index contributed by atoms with van der Waals surface area (Å²) in [7, 11) is 2.16. The molecule has 0 amide bonds. The fourth-order valence-electron chi connectivity index (χ4n) is 3.05. The molecule has 1 aromatic rings. The van der Waals surface area contributed by atoms with E-state index in [1.165, 1.54) is 25.7 Å². The molecule has 1 heterocycles. The molecule has 1 N–H and O–H groups in total. The van der Waals surface area contributed by atoms with Crippen LogP contribution >= 0.6 is 0 Å². The third-order valence-corrected chi connectivity index (χ3v) is 4.40. The molecule has 0 spiro atoms. The van der Waals surface area contributed by atoms with Crippen molar-refractivity contribution in [3.63, 3.8) is 0 Å². The number of nitrogens with one attached hydrogen (secondary N) is 1. The molecule has 21 heavy (non-hydrogen) atoms. The van der Waals surface area contributed by atoms with Gasteiger partial charge < -0.3 is 10.2 Å². The van der Waals surface area contributed by atoms with Crippen LogP contribution in [0.3, 0.4) is 0 Å². The van der Waals surface area contributed by atoms with Gasteiger partial charge in [0.05, 0.1) is 11.9 Å². The Morgan fingerprint density at radius 3 is 2.62 bits per heavy atom. The highest BCUT2D eigenvalue weighted by molar-refractivity contribution is 5.37. The van der Waals surface area contributed by atoms with E-state index in [1.807, 2.05) is 12.4 Å². The van der Waals surface area contributed by atoms with E-state index < -0.39 is 0 Å². The third-order valence-electron chi connectivity index (χ3n) is 4.40. The van der Waals surface area contributed by atoms with Crippen molar-refractivity contribution in [3.8, 4) is 0 Å². The Morgan fingerprint density at radius 1 is 1.24 bits per heavy atom. The predicted molar refractivity (Wildman–Crippen MR) is 88.4 cm³/mol. The van der Waals surface area contributed by atoms with Crippen molar-refractivity contribution in [1.29, 1.82) is 0 Å². The van der Waals surface area contributed by atoms with Crippen LogP contribution in [0.5, 0.6) is 0 Å². The summed E-state index contributed by atoms with van der Waals surface area (Å²) in [6.07, 6.45) is 9.05. The molecular weight excluding hydrogens is 260 g/mol. The molecule has 1 aliphatic rings. The lowest BCUT2D eigenvalue weighted by atomic mass is 9.85. The summed E-state index contributed by atoms with van der Waals surface area (Å²) in [5.41, 5.74) is 1.11. The van der Waals surface area contributed by atoms with E-state index in [0.29, 0.717) is 6.04 Å². The Kier molecular flexibility index (Phi) is 5.20. The van der Waals surface area contributed by atoms with Gasteiger partial charge in [-0.3, -0.25) is 4.98 Å². The van der Waals surface area contributed by atoms with Crippen molar-refractivity contribution < 1.29 is 0 Å². The average molecular weight is 290 g/mol. The fraction of sp³-hybridized carbons (Fsp3) is 0.765. The molecule has 0 bridgehead atoms. The lowest BCUT2D eigenvalue weighted by Gasteiger charge is -2.37. The zero-order valence-corrected chi connectivity index (χ0v) is 14.2. The number of aromatic nitrogens is 2. The average Bonchev–Trinajstić information content (AvgIpc) is 2.44. The van der Waals surface area contributed by atoms with Gasteiger partial charge in [-0.15, -0.1) is 0 Å². The summed E-state index contributed by atoms with van der Waals surface area (Å²) in [6, 6.07) is 0.596. The smallest absolute Gasteiger partial charge is 0.147 e. The Hall–Kier alpha value is -1.16. The van der Waals surface area contributed by atoms with E-state index in [2.05, 4.69) is 49.9 Å². The summed E-state index contributed by atoms with van der Waals surface area (Å²) in [4.78, 5) is 11.5. The normalized spacial score (nSPS) is 23.1. The van der Waals surface area contributed by atoms with Crippen LogP contribution in [-0.4, -0.2) is 28.6 Å². The number of hydrogen-bond donors (Lipinski definition) is 1. The first-order chi connectivity index (χ1) is 9.87. The van der Waals surface area contributed by atoms with Crippen LogP contribution in [-0.2, 0) is 6.54 Å². The molecule has 0 saturated heterocycles. The lowest BCUT2D eigenvalue weighted by Crippen LogP contribution is -2.40. The van der Waals surface area contributed by atoms with Crippen molar-refractivity contribution in [2.45, 2.75) is 71.5 Å². The topological polar surface area (TPSA) is 41.1 Å². The molecule has 118 valence electrons. The van der Waals surface area contributed by atoms with Crippen LogP contribution < -0.4 is 10.2 Å². The standard InChI is InChI=1S/C17H30N4/c1-13-8-6-7-9-15(13)21(5)16-12-18-10-14(20-16)11-19-17(2,3)4/h10,12-13,15,19H,6-9,11H2,1-5H3. The quantitative estimate of drug-likeness (QED) is 0.923. The molecule has 4 heteroatoms. The summed E-state index contributed by atoms with van der Waals surface area (Å²) < 4.78 is 0. The second kappa shape index (κ2) is 6.73.